The highest BCUT2D eigenvalue weighted by Crippen LogP contribution is 2.33. The normalized spacial score (nSPS) is 34.7. The van der Waals surface area contributed by atoms with E-state index in [1.54, 1.807) is 0 Å². The van der Waals surface area contributed by atoms with Crippen LogP contribution in [-0.2, 0) is 4.74 Å². The van der Waals surface area contributed by atoms with Gasteiger partial charge in [0.2, 0.25) is 0 Å². The molecule has 0 amide bonds. The lowest BCUT2D eigenvalue weighted by molar-refractivity contribution is 0.166. The van der Waals surface area contributed by atoms with Gasteiger partial charge in [-0.15, -0.1) is 0 Å². The van der Waals surface area contributed by atoms with Crippen molar-refractivity contribution >= 4 is 0 Å². The van der Waals surface area contributed by atoms with E-state index in [4.69, 9.17) is 4.74 Å². The fourth-order valence-electron chi connectivity index (χ4n) is 3.75. The number of nitrogens with one attached hydrogen (secondary N) is 1. The fraction of sp³-hybridized carbons (Fsp3) is 1.00. The Hall–Kier alpha value is -0.0800. The summed E-state index contributed by atoms with van der Waals surface area (Å²) in [6.07, 6.45) is 9.65. The highest BCUT2D eigenvalue weighted by atomic mass is 16.5. The second-order valence-corrected chi connectivity index (χ2v) is 6.56. The lowest BCUT2D eigenvalue weighted by atomic mass is 9.76. The molecule has 0 radical (unpaired) electrons. The predicted molar refractivity (Wildman–Crippen MR) is 76.7 cm³/mol. The van der Waals surface area contributed by atoms with E-state index >= 15 is 0 Å². The number of hydrogen-bond acceptors (Lipinski definition) is 2. The molecule has 1 saturated carbocycles. The van der Waals surface area contributed by atoms with Crippen molar-refractivity contribution in [3.05, 3.63) is 0 Å². The van der Waals surface area contributed by atoms with Crippen molar-refractivity contribution in [1.82, 2.24) is 5.32 Å². The molecule has 2 rings (SSSR count). The summed E-state index contributed by atoms with van der Waals surface area (Å²) in [5.74, 6) is 2.67. The first-order chi connectivity index (χ1) is 8.79. The summed E-state index contributed by atoms with van der Waals surface area (Å²) in [6.45, 7) is 7.88. The van der Waals surface area contributed by atoms with Crippen LogP contribution in [0.25, 0.3) is 0 Å². The number of ether oxygens (including phenoxy) is 1. The molecule has 0 aromatic rings. The van der Waals surface area contributed by atoms with Crippen molar-refractivity contribution in [2.24, 2.45) is 17.8 Å². The van der Waals surface area contributed by atoms with Crippen LogP contribution in [-0.4, -0.2) is 25.8 Å². The van der Waals surface area contributed by atoms with Crippen LogP contribution in [0.3, 0.4) is 0 Å². The molecule has 2 heteroatoms. The molecule has 2 fully saturated rings. The van der Waals surface area contributed by atoms with Crippen LogP contribution < -0.4 is 5.32 Å². The van der Waals surface area contributed by atoms with Crippen molar-refractivity contribution in [3.8, 4) is 0 Å². The van der Waals surface area contributed by atoms with E-state index in [-0.39, 0.29) is 0 Å². The van der Waals surface area contributed by atoms with Crippen LogP contribution in [0, 0.1) is 17.8 Å². The summed E-state index contributed by atoms with van der Waals surface area (Å²) in [4.78, 5) is 0. The molecule has 0 bridgehead atoms. The molecule has 106 valence electrons. The Morgan fingerprint density at radius 1 is 1.28 bits per heavy atom. The molecule has 0 aromatic carbocycles. The average molecular weight is 253 g/mol. The van der Waals surface area contributed by atoms with Gasteiger partial charge in [-0.05, 0) is 56.4 Å². The third-order valence-electron chi connectivity index (χ3n) is 4.81. The highest BCUT2D eigenvalue weighted by Gasteiger charge is 2.29. The van der Waals surface area contributed by atoms with E-state index in [0.717, 1.165) is 37.0 Å². The smallest absolute Gasteiger partial charge is 0.0495 e. The van der Waals surface area contributed by atoms with Gasteiger partial charge in [-0.3, -0.25) is 0 Å². The molecule has 1 N–H and O–H groups in total. The van der Waals surface area contributed by atoms with E-state index in [0.29, 0.717) is 0 Å². The highest BCUT2D eigenvalue weighted by molar-refractivity contribution is 4.84. The van der Waals surface area contributed by atoms with Gasteiger partial charge in [0.1, 0.15) is 0 Å². The maximum absolute atomic E-state index is 5.54. The Kier molecular flexibility index (Phi) is 5.97. The molecule has 18 heavy (non-hydrogen) atoms. The minimum Gasteiger partial charge on any atom is -0.381 e. The Morgan fingerprint density at radius 3 is 2.83 bits per heavy atom. The topological polar surface area (TPSA) is 21.3 Å². The predicted octanol–water partition coefficient (Wildman–Crippen LogP) is 3.61. The third kappa shape index (κ3) is 4.24. The second kappa shape index (κ2) is 7.49. The first-order valence-electron chi connectivity index (χ1n) is 8.10. The summed E-state index contributed by atoms with van der Waals surface area (Å²) in [5.41, 5.74) is 0. The van der Waals surface area contributed by atoms with Crippen molar-refractivity contribution in [3.63, 3.8) is 0 Å². The molecule has 4 atom stereocenters. The summed E-state index contributed by atoms with van der Waals surface area (Å²) >= 11 is 0. The van der Waals surface area contributed by atoms with Gasteiger partial charge in [0.25, 0.3) is 0 Å². The zero-order valence-corrected chi connectivity index (χ0v) is 12.3. The number of hydrogen-bond donors (Lipinski definition) is 1. The third-order valence-corrected chi connectivity index (χ3v) is 4.81. The zero-order valence-electron chi connectivity index (χ0n) is 12.3. The molecule has 1 heterocycles. The molecule has 2 aliphatic rings. The van der Waals surface area contributed by atoms with E-state index < -0.39 is 0 Å². The van der Waals surface area contributed by atoms with Gasteiger partial charge >= 0.3 is 0 Å². The van der Waals surface area contributed by atoms with E-state index in [1.807, 2.05) is 0 Å². The van der Waals surface area contributed by atoms with Crippen LogP contribution in [0.4, 0.5) is 0 Å². The van der Waals surface area contributed by atoms with Crippen LogP contribution in [0.15, 0.2) is 0 Å². The monoisotopic (exact) mass is 253 g/mol. The molecule has 0 aromatic heterocycles. The maximum Gasteiger partial charge on any atom is 0.0495 e. The van der Waals surface area contributed by atoms with E-state index in [9.17, 15) is 0 Å². The van der Waals surface area contributed by atoms with Gasteiger partial charge in [-0.2, -0.15) is 0 Å². The molecule has 1 saturated heterocycles. The maximum atomic E-state index is 5.54. The van der Waals surface area contributed by atoms with Gasteiger partial charge in [0, 0.05) is 19.3 Å². The standard InChI is InChI=1S/C16H31NO/c1-3-8-17-16(11-14-7-9-18-12-14)15-6-4-5-13(2)10-15/h13-17H,3-12H2,1-2H3. The molecular formula is C16H31NO. The molecule has 1 aliphatic heterocycles. The number of rotatable bonds is 6. The minimum absolute atomic E-state index is 0.749. The first kappa shape index (κ1) is 14.3. The average Bonchev–Trinajstić information content (AvgIpc) is 2.87. The van der Waals surface area contributed by atoms with E-state index in [1.165, 1.54) is 51.5 Å². The zero-order chi connectivity index (χ0) is 12.8. The fourth-order valence-corrected chi connectivity index (χ4v) is 3.75. The van der Waals surface area contributed by atoms with Crippen LogP contribution in [0.5, 0.6) is 0 Å². The van der Waals surface area contributed by atoms with E-state index in [2.05, 4.69) is 19.2 Å². The SMILES string of the molecule is CCCNC(CC1CCOC1)C1CCCC(C)C1. The Balaban J connectivity index is 1.85. The van der Waals surface area contributed by atoms with Gasteiger partial charge in [-0.1, -0.05) is 26.7 Å². The lowest BCUT2D eigenvalue weighted by Gasteiger charge is -2.35. The second-order valence-electron chi connectivity index (χ2n) is 6.56. The quantitative estimate of drug-likeness (QED) is 0.781. The Morgan fingerprint density at radius 2 is 2.17 bits per heavy atom. The van der Waals surface area contributed by atoms with Crippen LogP contribution in [0.1, 0.15) is 58.8 Å². The van der Waals surface area contributed by atoms with Crippen molar-refractivity contribution < 1.29 is 4.74 Å². The van der Waals surface area contributed by atoms with Gasteiger partial charge in [0.05, 0.1) is 0 Å². The molecule has 0 spiro atoms. The van der Waals surface area contributed by atoms with Gasteiger partial charge in [0.15, 0.2) is 0 Å². The summed E-state index contributed by atoms with van der Waals surface area (Å²) in [6, 6.07) is 0.749. The van der Waals surface area contributed by atoms with Crippen molar-refractivity contribution in [1.29, 1.82) is 0 Å². The molecule has 4 unspecified atom stereocenters. The molecule has 1 aliphatic carbocycles. The summed E-state index contributed by atoms with van der Waals surface area (Å²) in [5, 5.41) is 3.83. The first-order valence-corrected chi connectivity index (χ1v) is 8.10. The lowest BCUT2D eigenvalue weighted by Crippen LogP contribution is -2.40. The largest absolute Gasteiger partial charge is 0.381 e. The van der Waals surface area contributed by atoms with Crippen LogP contribution in [0.2, 0.25) is 0 Å². The van der Waals surface area contributed by atoms with Crippen LogP contribution >= 0.6 is 0 Å². The molecular weight excluding hydrogens is 222 g/mol. The van der Waals surface area contributed by atoms with Gasteiger partial charge < -0.3 is 10.1 Å². The van der Waals surface area contributed by atoms with Gasteiger partial charge in [-0.25, -0.2) is 0 Å². The van der Waals surface area contributed by atoms with Crippen molar-refractivity contribution in [2.75, 3.05) is 19.8 Å². The summed E-state index contributed by atoms with van der Waals surface area (Å²) in [7, 11) is 0. The van der Waals surface area contributed by atoms with Crippen molar-refractivity contribution in [2.45, 2.75) is 64.8 Å². The Bertz CT molecular complexity index is 225. The minimum atomic E-state index is 0.749. The Labute approximate surface area is 113 Å². The summed E-state index contributed by atoms with van der Waals surface area (Å²) < 4.78 is 5.54. The molecule has 2 nitrogen and oxygen atoms in total.